The summed E-state index contributed by atoms with van der Waals surface area (Å²) in [4.78, 5) is 2.46. The molecule has 1 aromatic rings. The van der Waals surface area contributed by atoms with E-state index in [0.29, 0.717) is 0 Å². The predicted molar refractivity (Wildman–Crippen MR) is 73.0 cm³/mol. The minimum absolute atomic E-state index is 0.253. The van der Waals surface area contributed by atoms with E-state index in [1.54, 1.807) is 0 Å². The number of nitrogens with zero attached hydrogens (tertiary/aromatic N) is 1. The van der Waals surface area contributed by atoms with Crippen LogP contribution in [0, 0.1) is 0 Å². The second-order valence-electron chi connectivity index (χ2n) is 5.33. The summed E-state index contributed by atoms with van der Waals surface area (Å²) < 4.78 is 0. The van der Waals surface area contributed by atoms with Crippen LogP contribution in [0.25, 0.3) is 0 Å². The summed E-state index contributed by atoms with van der Waals surface area (Å²) >= 11 is 0. The number of benzene rings is 1. The molecule has 0 bridgehead atoms. The molecule has 0 heterocycles. The number of hydrogen-bond acceptors (Lipinski definition) is 2. The zero-order valence-electron chi connectivity index (χ0n) is 10.8. The van der Waals surface area contributed by atoms with Crippen LogP contribution in [0.4, 0.5) is 0 Å². The van der Waals surface area contributed by atoms with Crippen LogP contribution in [0.15, 0.2) is 30.3 Å². The van der Waals surface area contributed by atoms with Crippen LogP contribution in [0.2, 0.25) is 0 Å². The molecule has 0 amide bonds. The number of hydrogen-bond donors (Lipinski definition) is 1. The summed E-state index contributed by atoms with van der Waals surface area (Å²) in [7, 11) is 2.22. The molecule has 1 unspecified atom stereocenters. The molecule has 1 saturated carbocycles. The van der Waals surface area contributed by atoms with Crippen LogP contribution < -0.4 is 5.73 Å². The van der Waals surface area contributed by atoms with E-state index in [1.807, 2.05) is 0 Å². The van der Waals surface area contributed by atoms with Crippen molar-refractivity contribution in [2.24, 2.45) is 5.73 Å². The molecule has 0 saturated heterocycles. The molecule has 2 rings (SSSR count). The van der Waals surface area contributed by atoms with Gasteiger partial charge in [-0.3, -0.25) is 0 Å². The molecule has 1 atom stereocenters. The van der Waals surface area contributed by atoms with Crippen molar-refractivity contribution < 1.29 is 0 Å². The smallest absolute Gasteiger partial charge is 0.0208 e. The molecule has 2 N–H and O–H groups in total. The van der Waals surface area contributed by atoms with Crippen molar-refractivity contribution in [3.63, 3.8) is 0 Å². The summed E-state index contributed by atoms with van der Waals surface area (Å²) in [6.45, 7) is 1.01. The highest BCUT2D eigenvalue weighted by molar-refractivity contribution is 5.15. The first-order valence-corrected chi connectivity index (χ1v) is 6.75. The van der Waals surface area contributed by atoms with E-state index in [0.717, 1.165) is 19.0 Å². The summed E-state index contributed by atoms with van der Waals surface area (Å²) in [5, 5.41) is 0. The van der Waals surface area contributed by atoms with E-state index in [2.05, 4.69) is 42.3 Å². The lowest BCUT2D eigenvalue weighted by Gasteiger charge is -2.27. The lowest BCUT2D eigenvalue weighted by molar-refractivity contribution is 0.230. The molecule has 0 radical (unpaired) electrons. The van der Waals surface area contributed by atoms with Crippen molar-refractivity contribution in [1.29, 1.82) is 0 Å². The Morgan fingerprint density at radius 3 is 2.53 bits per heavy atom. The molecule has 1 aromatic carbocycles. The van der Waals surface area contributed by atoms with Crippen LogP contribution in [0.5, 0.6) is 0 Å². The fourth-order valence-electron chi connectivity index (χ4n) is 2.85. The monoisotopic (exact) mass is 232 g/mol. The SMILES string of the molecule is CN(CC(N)Cc1ccccc1)C1CCCC1. The minimum Gasteiger partial charge on any atom is -0.326 e. The summed E-state index contributed by atoms with van der Waals surface area (Å²) in [6.07, 6.45) is 6.48. The fourth-order valence-corrected chi connectivity index (χ4v) is 2.85. The topological polar surface area (TPSA) is 29.3 Å². The van der Waals surface area contributed by atoms with Crippen LogP contribution >= 0.6 is 0 Å². The van der Waals surface area contributed by atoms with E-state index in [4.69, 9.17) is 5.73 Å². The highest BCUT2D eigenvalue weighted by atomic mass is 15.1. The van der Waals surface area contributed by atoms with Gasteiger partial charge in [-0.1, -0.05) is 43.2 Å². The van der Waals surface area contributed by atoms with Crippen LogP contribution in [-0.2, 0) is 6.42 Å². The predicted octanol–water partition coefficient (Wildman–Crippen LogP) is 2.43. The van der Waals surface area contributed by atoms with Crippen molar-refractivity contribution in [3.8, 4) is 0 Å². The average Bonchev–Trinajstić information content (AvgIpc) is 2.83. The van der Waals surface area contributed by atoms with Gasteiger partial charge in [0.25, 0.3) is 0 Å². The van der Waals surface area contributed by atoms with E-state index in [-0.39, 0.29) is 6.04 Å². The zero-order valence-corrected chi connectivity index (χ0v) is 10.8. The van der Waals surface area contributed by atoms with Crippen LogP contribution in [0.1, 0.15) is 31.2 Å². The van der Waals surface area contributed by atoms with Crippen molar-refractivity contribution in [2.75, 3.05) is 13.6 Å². The highest BCUT2D eigenvalue weighted by Crippen LogP contribution is 2.22. The molecule has 0 spiro atoms. The number of nitrogens with two attached hydrogens (primary N) is 1. The van der Waals surface area contributed by atoms with E-state index >= 15 is 0 Å². The van der Waals surface area contributed by atoms with Gasteiger partial charge in [-0.25, -0.2) is 0 Å². The third-order valence-corrected chi connectivity index (χ3v) is 3.81. The highest BCUT2D eigenvalue weighted by Gasteiger charge is 2.20. The number of rotatable bonds is 5. The van der Waals surface area contributed by atoms with Crippen LogP contribution in [0.3, 0.4) is 0 Å². The molecule has 1 aliphatic carbocycles. The van der Waals surface area contributed by atoms with Crippen molar-refractivity contribution in [2.45, 2.75) is 44.2 Å². The van der Waals surface area contributed by atoms with E-state index < -0.39 is 0 Å². The third kappa shape index (κ3) is 3.83. The Hall–Kier alpha value is -0.860. The Kier molecular flexibility index (Phi) is 4.57. The second kappa shape index (κ2) is 6.18. The standard InChI is InChI=1S/C15H24N2/c1-17(15-9-5-6-10-15)12-14(16)11-13-7-3-2-4-8-13/h2-4,7-8,14-15H,5-6,9-12,16H2,1H3. The molecule has 0 aliphatic heterocycles. The lowest BCUT2D eigenvalue weighted by atomic mass is 10.1. The summed E-state index contributed by atoms with van der Waals surface area (Å²) in [5.74, 6) is 0. The normalized spacial score (nSPS) is 18.8. The maximum absolute atomic E-state index is 6.23. The summed E-state index contributed by atoms with van der Waals surface area (Å²) in [5.41, 5.74) is 7.58. The molecule has 17 heavy (non-hydrogen) atoms. The van der Waals surface area contributed by atoms with Gasteiger partial charge in [0.05, 0.1) is 0 Å². The number of likely N-dealkylation sites (N-methyl/N-ethyl adjacent to an activating group) is 1. The van der Waals surface area contributed by atoms with Gasteiger partial charge in [0.1, 0.15) is 0 Å². The first-order chi connectivity index (χ1) is 8.25. The molecule has 1 aliphatic rings. The second-order valence-corrected chi connectivity index (χ2v) is 5.33. The average molecular weight is 232 g/mol. The van der Waals surface area contributed by atoms with E-state index in [9.17, 15) is 0 Å². The van der Waals surface area contributed by atoms with Gasteiger partial charge in [-0.15, -0.1) is 0 Å². The molecule has 2 nitrogen and oxygen atoms in total. The van der Waals surface area contributed by atoms with Gasteiger partial charge in [-0.2, -0.15) is 0 Å². The molecule has 2 heteroatoms. The fraction of sp³-hybridized carbons (Fsp3) is 0.600. The van der Waals surface area contributed by atoms with Gasteiger partial charge in [0, 0.05) is 18.6 Å². The van der Waals surface area contributed by atoms with Gasteiger partial charge in [0.15, 0.2) is 0 Å². The first-order valence-electron chi connectivity index (χ1n) is 6.75. The molecule has 1 fully saturated rings. The lowest BCUT2D eigenvalue weighted by Crippen LogP contribution is -2.41. The van der Waals surface area contributed by atoms with Crippen molar-refractivity contribution in [1.82, 2.24) is 4.90 Å². The first kappa shape index (κ1) is 12.6. The van der Waals surface area contributed by atoms with Gasteiger partial charge >= 0.3 is 0 Å². The minimum atomic E-state index is 0.253. The Labute approximate surface area is 105 Å². The molecule has 94 valence electrons. The van der Waals surface area contributed by atoms with Crippen LogP contribution in [-0.4, -0.2) is 30.6 Å². The van der Waals surface area contributed by atoms with Gasteiger partial charge in [-0.05, 0) is 31.9 Å². The van der Waals surface area contributed by atoms with Gasteiger partial charge in [0.2, 0.25) is 0 Å². The zero-order chi connectivity index (χ0) is 12.1. The molecule has 0 aromatic heterocycles. The largest absolute Gasteiger partial charge is 0.326 e. The van der Waals surface area contributed by atoms with Crippen molar-refractivity contribution >= 4 is 0 Å². The Morgan fingerprint density at radius 2 is 1.88 bits per heavy atom. The molecular formula is C15H24N2. The van der Waals surface area contributed by atoms with Gasteiger partial charge < -0.3 is 10.6 Å². The Morgan fingerprint density at radius 1 is 1.24 bits per heavy atom. The quantitative estimate of drug-likeness (QED) is 0.845. The van der Waals surface area contributed by atoms with Crippen molar-refractivity contribution in [3.05, 3.63) is 35.9 Å². The maximum atomic E-state index is 6.23. The maximum Gasteiger partial charge on any atom is 0.0208 e. The Balaban J connectivity index is 1.78. The van der Waals surface area contributed by atoms with E-state index in [1.165, 1.54) is 31.2 Å². The Bertz CT molecular complexity index is 317. The molecular weight excluding hydrogens is 208 g/mol. The third-order valence-electron chi connectivity index (χ3n) is 3.81. The summed E-state index contributed by atoms with van der Waals surface area (Å²) in [6, 6.07) is 11.6.